The second-order valence-electron chi connectivity index (χ2n) is 8.77. The molecule has 3 amide bonds. The van der Waals surface area contributed by atoms with Crippen molar-refractivity contribution in [1.82, 2.24) is 5.32 Å². The third kappa shape index (κ3) is 9.79. The van der Waals surface area contributed by atoms with Gasteiger partial charge in [-0.3, -0.25) is 9.35 Å². The van der Waals surface area contributed by atoms with Crippen molar-refractivity contribution in [2.24, 2.45) is 0 Å². The molecule has 0 bridgehead atoms. The molecule has 0 radical (unpaired) electrons. The van der Waals surface area contributed by atoms with Gasteiger partial charge in [-0.25, -0.2) is 19.2 Å². The number of quaternary nitrogens is 1. The van der Waals surface area contributed by atoms with Gasteiger partial charge in [0.25, 0.3) is 16.0 Å². The number of imide groups is 1. The Balaban J connectivity index is 1.47. The van der Waals surface area contributed by atoms with Gasteiger partial charge in [-0.15, -0.1) is 0 Å². The molecule has 38 heavy (non-hydrogen) atoms. The molecule has 1 fully saturated rings. The summed E-state index contributed by atoms with van der Waals surface area (Å²) in [6.45, 7) is 0.379. The van der Waals surface area contributed by atoms with E-state index in [4.69, 9.17) is 32.5 Å². The van der Waals surface area contributed by atoms with E-state index >= 15 is 0 Å². The maximum absolute atomic E-state index is 11.9. The molecule has 0 aliphatic carbocycles. The minimum Gasteiger partial charge on any atom is -0.482 e. The quantitative estimate of drug-likeness (QED) is 0.0842. The minimum absolute atomic E-state index is 0.148. The van der Waals surface area contributed by atoms with Gasteiger partial charge in [0.15, 0.2) is 6.61 Å². The van der Waals surface area contributed by atoms with Gasteiger partial charge < -0.3 is 10.1 Å². The standard InChI is InChI=1S/C23H30Cl2N2O10S/c24-16-10-11-18(17(25)13-16)36-15-20(28)26-12-8-6-4-2-1-3-5-7-9-22(30)37-27(32)21(29)14-19(23(27)31)38(33,34)35/h10-11,13,19,32H,1-9,12,14-15H2,(H-,26,28,33,34,35)/p+1. The number of unbranched alkanes of at least 4 members (excludes halogenated alkanes) is 7. The van der Waals surface area contributed by atoms with Gasteiger partial charge in [0, 0.05) is 11.6 Å². The van der Waals surface area contributed by atoms with E-state index in [9.17, 15) is 32.8 Å². The molecule has 1 aliphatic heterocycles. The number of amides is 3. The number of hydroxylamine groups is 4. The Hall–Kier alpha value is -2.29. The summed E-state index contributed by atoms with van der Waals surface area (Å²) in [5.74, 6) is -3.87. The third-order valence-electron chi connectivity index (χ3n) is 5.75. The van der Waals surface area contributed by atoms with Crippen molar-refractivity contribution in [1.29, 1.82) is 0 Å². The molecule has 1 aromatic rings. The van der Waals surface area contributed by atoms with E-state index in [1.54, 1.807) is 12.1 Å². The maximum Gasteiger partial charge on any atom is 0.417 e. The van der Waals surface area contributed by atoms with Gasteiger partial charge in [-0.2, -0.15) is 13.6 Å². The molecule has 3 N–H and O–H groups in total. The molecule has 0 spiro atoms. The van der Waals surface area contributed by atoms with Crippen molar-refractivity contribution < 1.29 is 51.7 Å². The molecule has 212 valence electrons. The number of hydrogen-bond acceptors (Lipinski definition) is 9. The normalized spacial score (nSPS) is 19.4. The average molecular weight is 598 g/mol. The van der Waals surface area contributed by atoms with Crippen molar-refractivity contribution in [2.45, 2.75) is 69.5 Å². The van der Waals surface area contributed by atoms with Gasteiger partial charge >= 0.3 is 17.8 Å². The lowest BCUT2D eigenvalue weighted by molar-refractivity contribution is -1.12. The Bertz CT molecular complexity index is 1130. The molecule has 0 saturated carbocycles. The topological polar surface area (TPSA) is 173 Å². The molecule has 2 rings (SSSR count). The van der Waals surface area contributed by atoms with Gasteiger partial charge in [0.05, 0.1) is 11.4 Å². The van der Waals surface area contributed by atoms with Crippen LogP contribution < -0.4 is 10.1 Å². The van der Waals surface area contributed by atoms with Crippen molar-refractivity contribution >= 4 is 57.0 Å². The zero-order valence-electron chi connectivity index (χ0n) is 20.6. The van der Waals surface area contributed by atoms with Crippen molar-refractivity contribution in [3.8, 4) is 5.75 Å². The molecule has 15 heteroatoms. The molecule has 12 nitrogen and oxygen atoms in total. The smallest absolute Gasteiger partial charge is 0.417 e. The minimum atomic E-state index is -4.92. The fourth-order valence-electron chi connectivity index (χ4n) is 3.68. The van der Waals surface area contributed by atoms with E-state index in [2.05, 4.69) is 10.2 Å². The van der Waals surface area contributed by atoms with Crippen LogP contribution in [0.2, 0.25) is 10.0 Å². The van der Waals surface area contributed by atoms with Gasteiger partial charge in [0.1, 0.15) is 17.0 Å². The molecular weight excluding hydrogens is 567 g/mol. The van der Waals surface area contributed by atoms with Gasteiger partial charge in [-0.1, -0.05) is 61.7 Å². The van der Waals surface area contributed by atoms with Crippen LogP contribution in [0.15, 0.2) is 18.2 Å². The van der Waals surface area contributed by atoms with Crippen LogP contribution in [-0.2, 0) is 34.1 Å². The van der Waals surface area contributed by atoms with E-state index in [1.165, 1.54) is 6.07 Å². The summed E-state index contributed by atoms with van der Waals surface area (Å²) in [6, 6.07) is 4.75. The second-order valence-corrected chi connectivity index (χ2v) is 11.2. The van der Waals surface area contributed by atoms with Crippen LogP contribution >= 0.6 is 23.2 Å². The first-order valence-corrected chi connectivity index (χ1v) is 14.3. The van der Waals surface area contributed by atoms with Crippen LogP contribution in [0.1, 0.15) is 64.2 Å². The van der Waals surface area contributed by atoms with Crippen LogP contribution in [-0.4, -0.2) is 65.1 Å². The van der Waals surface area contributed by atoms with Crippen LogP contribution in [0.4, 0.5) is 0 Å². The highest BCUT2D eigenvalue weighted by molar-refractivity contribution is 7.87. The Morgan fingerprint density at radius 1 is 1.03 bits per heavy atom. The summed E-state index contributed by atoms with van der Waals surface area (Å²) < 4.78 is 36.6. The van der Waals surface area contributed by atoms with Crippen LogP contribution in [0.3, 0.4) is 0 Å². The van der Waals surface area contributed by atoms with Crippen molar-refractivity contribution in [3.63, 3.8) is 0 Å². The average Bonchev–Trinajstić information content (AvgIpc) is 3.05. The van der Waals surface area contributed by atoms with E-state index in [1.807, 2.05) is 0 Å². The Labute approximate surface area is 230 Å². The summed E-state index contributed by atoms with van der Waals surface area (Å²) in [5, 5.41) is 11.4. The van der Waals surface area contributed by atoms with Crippen LogP contribution in [0.25, 0.3) is 0 Å². The van der Waals surface area contributed by atoms with Gasteiger partial charge in [-0.05, 0) is 31.0 Å². The molecule has 1 aliphatic rings. The highest BCUT2D eigenvalue weighted by atomic mass is 35.5. The van der Waals surface area contributed by atoms with Crippen molar-refractivity contribution in [3.05, 3.63) is 28.2 Å². The molecule has 1 saturated heterocycles. The number of carbonyl (C=O) groups is 4. The highest BCUT2D eigenvalue weighted by Crippen LogP contribution is 2.28. The summed E-state index contributed by atoms with van der Waals surface area (Å²) in [4.78, 5) is 49.6. The number of nitrogens with zero attached hydrogens (tertiary/aromatic N) is 1. The molecule has 0 aromatic heterocycles. The Kier molecular flexibility index (Phi) is 12.4. The van der Waals surface area contributed by atoms with E-state index in [0.717, 1.165) is 38.5 Å². The summed E-state index contributed by atoms with van der Waals surface area (Å²) >= 11 is 11.8. The predicted molar refractivity (Wildman–Crippen MR) is 135 cm³/mol. The third-order valence-corrected chi connectivity index (χ3v) is 7.37. The number of hydrogen-bond donors (Lipinski definition) is 3. The predicted octanol–water partition coefficient (Wildman–Crippen LogP) is 3.38. The largest absolute Gasteiger partial charge is 0.482 e. The molecule has 2 unspecified atom stereocenters. The number of halogens is 2. The number of nitrogens with one attached hydrogen (secondary N) is 1. The fraction of sp³-hybridized carbons (Fsp3) is 0.565. The lowest BCUT2D eigenvalue weighted by Gasteiger charge is -2.16. The number of carbonyl (C=O) groups excluding carboxylic acids is 4. The SMILES string of the molecule is O=C(COc1ccc(Cl)cc1Cl)NCCCCCCCCCCC(=O)O[N+]1(O)C(=O)CC(S(=O)(=O)O)C1=O. The second kappa shape index (κ2) is 14.8. The highest BCUT2D eigenvalue weighted by Gasteiger charge is 2.65. The lowest BCUT2D eigenvalue weighted by Crippen LogP contribution is -2.52. The number of rotatable bonds is 16. The van der Waals surface area contributed by atoms with E-state index in [-0.39, 0.29) is 18.9 Å². The molecule has 2 atom stereocenters. The zero-order valence-corrected chi connectivity index (χ0v) is 22.9. The molecular formula is C23H31Cl2N2O10S+. The number of ether oxygens (including phenoxy) is 1. The van der Waals surface area contributed by atoms with Crippen LogP contribution in [0, 0.1) is 0 Å². The Morgan fingerprint density at radius 2 is 1.63 bits per heavy atom. The Morgan fingerprint density at radius 3 is 2.21 bits per heavy atom. The molecule has 1 heterocycles. The lowest BCUT2D eigenvalue weighted by atomic mass is 10.1. The maximum atomic E-state index is 11.9. The first-order chi connectivity index (χ1) is 17.8. The van der Waals surface area contributed by atoms with Crippen molar-refractivity contribution in [2.75, 3.05) is 13.2 Å². The zero-order chi connectivity index (χ0) is 28.3. The van der Waals surface area contributed by atoms with E-state index in [0.29, 0.717) is 35.2 Å². The first kappa shape index (κ1) is 31.9. The van der Waals surface area contributed by atoms with Gasteiger partial charge in [0.2, 0.25) is 5.25 Å². The number of benzene rings is 1. The summed E-state index contributed by atoms with van der Waals surface area (Å²) in [7, 11) is -4.92. The van der Waals surface area contributed by atoms with Crippen LogP contribution in [0.5, 0.6) is 5.75 Å². The molecule has 1 aromatic carbocycles. The summed E-state index contributed by atoms with van der Waals surface area (Å²) in [5.41, 5.74) is 0. The first-order valence-electron chi connectivity index (χ1n) is 12.1. The monoisotopic (exact) mass is 597 g/mol. The fourth-order valence-corrected chi connectivity index (χ4v) is 4.89. The van der Waals surface area contributed by atoms with E-state index < -0.39 is 44.4 Å². The summed E-state index contributed by atoms with van der Waals surface area (Å²) in [6.07, 6.45) is 5.33.